The van der Waals surface area contributed by atoms with Crippen LogP contribution >= 0.6 is 0 Å². The number of nitrogens with zero attached hydrogens (tertiary/aromatic N) is 1. The van der Waals surface area contributed by atoms with E-state index in [4.69, 9.17) is 4.74 Å². The summed E-state index contributed by atoms with van der Waals surface area (Å²) in [5.74, 6) is 0. The monoisotopic (exact) mass is 367 g/mol. The third-order valence-corrected chi connectivity index (χ3v) is 5.12. The van der Waals surface area contributed by atoms with E-state index in [9.17, 15) is 4.79 Å². The molecule has 0 bridgehead atoms. The van der Waals surface area contributed by atoms with Crippen molar-refractivity contribution in [1.29, 1.82) is 0 Å². The van der Waals surface area contributed by atoms with Crippen LogP contribution in [0.15, 0.2) is 72.8 Å². The van der Waals surface area contributed by atoms with Crippen molar-refractivity contribution in [2.75, 3.05) is 0 Å². The first kappa shape index (κ1) is 16.8. The Kier molecular flexibility index (Phi) is 3.50. The molecule has 0 amide bonds. The number of benzene rings is 4. The van der Waals surface area contributed by atoms with Crippen LogP contribution in [0.25, 0.3) is 43.4 Å². The van der Waals surface area contributed by atoms with Gasteiger partial charge in [0.1, 0.15) is 5.60 Å². The molecule has 0 fully saturated rings. The normalized spacial score (nSPS) is 12.2. The molecule has 0 aliphatic heterocycles. The van der Waals surface area contributed by atoms with Gasteiger partial charge in [0.05, 0.1) is 11.0 Å². The Morgan fingerprint density at radius 2 is 1.18 bits per heavy atom. The second-order valence-corrected chi connectivity index (χ2v) is 8.18. The highest BCUT2D eigenvalue weighted by Gasteiger charge is 2.24. The quantitative estimate of drug-likeness (QED) is 0.298. The second-order valence-electron chi connectivity index (χ2n) is 8.18. The molecule has 5 aromatic rings. The van der Waals surface area contributed by atoms with Gasteiger partial charge in [-0.1, -0.05) is 60.7 Å². The molecule has 138 valence electrons. The minimum absolute atomic E-state index is 0.349. The van der Waals surface area contributed by atoms with Gasteiger partial charge in [0, 0.05) is 10.8 Å². The molecule has 0 atom stereocenters. The molecule has 0 saturated carbocycles. The molecule has 1 aromatic heterocycles. The molecular weight excluding hydrogens is 346 g/mol. The average molecular weight is 367 g/mol. The summed E-state index contributed by atoms with van der Waals surface area (Å²) in [7, 11) is 0. The third-order valence-electron chi connectivity index (χ3n) is 5.12. The Morgan fingerprint density at radius 1 is 0.714 bits per heavy atom. The molecule has 3 nitrogen and oxygen atoms in total. The lowest BCUT2D eigenvalue weighted by molar-refractivity contribution is 0.0551. The molecule has 1 heterocycles. The molecule has 4 aromatic carbocycles. The van der Waals surface area contributed by atoms with E-state index < -0.39 is 5.60 Å². The summed E-state index contributed by atoms with van der Waals surface area (Å²) in [6.07, 6.45) is -0.349. The van der Waals surface area contributed by atoms with Crippen LogP contribution < -0.4 is 0 Å². The van der Waals surface area contributed by atoms with E-state index in [-0.39, 0.29) is 6.09 Å². The number of carbonyl (C=O) groups excluding carboxylic acids is 1. The van der Waals surface area contributed by atoms with Gasteiger partial charge in [-0.25, -0.2) is 9.36 Å². The van der Waals surface area contributed by atoms with Crippen LogP contribution in [-0.2, 0) is 4.74 Å². The topological polar surface area (TPSA) is 31.2 Å². The Labute approximate surface area is 163 Å². The molecule has 0 aliphatic carbocycles. The van der Waals surface area contributed by atoms with Crippen LogP contribution in [0.5, 0.6) is 0 Å². The minimum Gasteiger partial charge on any atom is -0.443 e. The van der Waals surface area contributed by atoms with Crippen LogP contribution in [0.4, 0.5) is 4.79 Å². The van der Waals surface area contributed by atoms with Gasteiger partial charge < -0.3 is 4.74 Å². The summed E-state index contributed by atoms with van der Waals surface area (Å²) in [5, 5.41) is 6.79. The van der Waals surface area contributed by atoms with E-state index in [1.807, 2.05) is 57.2 Å². The molecule has 0 aliphatic rings. The number of carbonyl (C=O) groups is 1. The molecule has 28 heavy (non-hydrogen) atoms. The third kappa shape index (κ3) is 2.47. The first-order valence-corrected chi connectivity index (χ1v) is 9.51. The van der Waals surface area contributed by atoms with Crippen molar-refractivity contribution in [2.45, 2.75) is 26.4 Å². The van der Waals surface area contributed by atoms with Gasteiger partial charge in [0.25, 0.3) is 0 Å². The predicted molar refractivity (Wildman–Crippen MR) is 116 cm³/mol. The SMILES string of the molecule is CC(C)(C)OC(=O)n1c2ccc3ccccc3c2c2c3ccccc3ccc21. The fourth-order valence-electron chi connectivity index (χ4n) is 4.05. The summed E-state index contributed by atoms with van der Waals surface area (Å²) in [6.45, 7) is 5.68. The highest BCUT2D eigenvalue weighted by atomic mass is 16.6. The lowest BCUT2D eigenvalue weighted by Gasteiger charge is -2.20. The zero-order valence-corrected chi connectivity index (χ0v) is 16.2. The maximum absolute atomic E-state index is 13.2. The first-order chi connectivity index (χ1) is 13.4. The lowest BCUT2D eigenvalue weighted by Crippen LogP contribution is -2.27. The highest BCUT2D eigenvalue weighted by Crippen LogP contribution is 2.39. The van der Waals surface area contributed by atoms with Gasteiger partial charge >= 0.3 is 6.09 Å². The van der Waals surface area contributed by atoms with Crippen molar-refractivity contribution >= 4 is 49.4 Å². The van der Waals surface area contributed by atoms with Crippen LogP contribution in [0.2, 0.25) is 0 Å². The summed E-state index contributed by atoms with van der Waals surface area (Å²) < 4.78 is 7.46. The average Bonchev–Trinajstić information content (AvgIpc) is 3.02. The molecule has 0 unspecified atom stereocenters. The van der Waals surface area contributed by atoms with Gasteiger partial charge in [-0.15, -0.1) is 0 Å². The zero-order valence-electron chi connectivity index (χ0n) is 16.2. The molecular formula is C25H21NO2. The molecule has 0 spiro atoms. The number of rotatable bonds is 0. The minimum atomic E-state index is -0.562. The maximum atomic E-state index is 13.2. The predicted octanol–water partition coefficient (Wildman–Crippen LogP) is 6.88. The van der Waals surface area contributed by atoms with Crippen LogP contribution in [-0.4, -0.2) is 16.3 Å². The van der Waals surface area contributed by atoms with Gasteiger partial charge in [-0.2, -0.15) is 0 Å². The number of hydrogen-bond acceptors (Lipinski definition) is 2. The smallest absolute Gasteiger partial charge is 0.419 e. The largest absolute Gasteiger partial charge is 0.443 e. The molecule has 0 radical (unpaired) electrons. The van der Waals surface area contributed by atoms with Crippen molar-refractivity contribution in [3.8, 4) is 0 Å². The van der Waals surface area contributed by atoms with E-state index in [2.05, 4.69) is 36.4 Å². The molecule has 0 saturated heterocycles. The summed E-state index contributed by atoms with van der Waals surface area (Å²) in [4.78, 5) is 13.2. The lowest BCUT2D eigenvalue weighted by atomic mass is 10.00. The Balaban J connectivity index is 2.01. The van der Waals surface area contributed by atoms with Crippen molar-refractivity contribution in [3.63, 3.8) is 0 Å². The Hall–Kier alpha value is -3.33. The fraction of sp³-hybridized carbons (Fsp3) is 0.160. The van der Waals surface area contributed by atoms with Crippen LogP contribution in [0.1, 0.15) is 20.8 Å². The van der Waals surface area contributed by atoms with Gasteiger partial charge in [0.15, 0.2) is 0 Å². The number of fused-ring (bicyclic) bond motifs is 7. The first-order valence-electron chi connectivity index (χ1n) is 9.51. The van der Waals surface area contributed by atoms with Gasteiger partial charge in [-0.05, 0) is 54.4 Å². The van der Waals surface area contributed by atoms with Gasteiger partial charge in [0.2, 0.25) is 0 Å². The van der Waals surface area contributed by atoms with E-state index in [1.165, 1.54) is 0 Å². The van der Waals surface area contributed by atoms with E-state index >= 15 is 0 Å². The zero-order chi connectivity index (χ0) is 19.5. The van der Waals surface area contributed by atoms with Crippen LogP contribution in [0.3, 0.4) is 0 Å². The summed E-state index contributed by atoms with van der Waals surface area (Å²) in [6, 6.07) is 24.8. The standard InChI is InChI=1S/C25H21NO2/c1-25(2,3)28-24(27)26-20-14-12-16-8-4-6-10-18(16)22(20)23-19-11-7-5-9-17(19)13-15-21(23)26/h4-15H,1-3H3. The number of ether oxygens (including phenoxy) is 1. The Morgan fingerprint density at radius 3 is 1.64 bits per heavy atom. The van der Waals surface area contributed by atoms with Crippen molar-refractivity contribution in [2.24, 2.45) is 0 Å². The number of hydrogen-bond donors (Lipinski definition) is 0. The van der Waals surface area contributed by atoms with E-state index in [0.29, 0.717) is 0 Å². The van der Waals surface area contributed by atoms with Gasteiger partial charge in [-0.3, -0.25) is 0 Å². The second kappa shape index (κ2) is 5.83. The summed E-state index contributed by atoms with van der Waals surface area (Å²) >= 11 is 0. The molecule has 0 N–H and O–H groups in total. The Bertz CT molecular complexity index is 1290. The highest BCUT2D eigenvalue weighted by molar-refractivity contribution is 6.29. The number of aromatic nitrogens is 1. The molecule has 5 rings (SSSR count). The fourth-order valence-corrected chi connectivity index (χ4v) is 4.05. The summed E-state index contributed by atoms with van der Waals surface area (Å²) in [5.41, 5.74) is 1.19. The van der Waals surface area contributed by atoms with E-state index in [0.717, 1.165) is 43.4 Å². The van der Waals surface area contributed by atoms with Crippen molar-refractivity contribution in [1.82, 2.24) is 4.57 Å². The molecule has 3 heteroatoms. The van der Waals surface area contributed by atoms with Crippen LogP contribution in [0, 0.1) is 0 Å². The van der Waals surface area contributed by atoms with Crippen molar-refractivity contribution < 1.29 is 9.53 Å². The van der Waals surface area contributed by atoms with Crippen molar-refractivity contribution in [3.05, 3.63) is 72.8 Å². The maximum Gasteiger partial charge on any atom is 0.419 e. The van der Waals surface area contributed by atoms with E-state index in [1.54, 1.807) is 4.57 Å².